The van der Waals surface area contributed by atoms with Crippen molar-refractivity contribution < 1.29 is 13.2 Å². The molecule has 1 amide bonds. The fraction of sp³-hybridized carbons (Fsp3) is 0.269. The van der Waals surface area contributed by atoms with Crippen molar-refractivity contribution in [2.24, 2.45) is 0 Å². The molecule has 1 N–H and O–H groups in total. The second-order valence-electron chi connectivity index (χ2n) is 8.44. The number of nitrogens with one attached hydrogen (secondary N) is 1. The molecule has 0 aliphatic carbocycles. The van der Waals surface area contributed by atoms with Gasteiger partial charge < -0.3 is 5.32 Å². The molecule has 5 nitrogen and oxygen atoms in total. The molecule has 0 aliphatic rings. The minimum atomic E-state index is -3.97. The molecule has 180 valence electrons. The van der Waals surface area contributed by atoms with Crippen molar-refractivity contribution in [3.63, 3.8) is 0 Å². The van der Waals surface area contributed by atoms with Crippen LogP contribution in [0.3, 0.4) is 0 Å². The SMILES string of the molecule is Cc1cc(C)c([C@H](C)NC(=O)CN(Cc2cccc(Cl)c2)S(=O)(=O)c2ccc(Cl)cc2)cc1C. The van der Waals surface area contributed by atoms with Crippen molar-refractivity contribution in [2.45, 2.75) is 45.2 Å². The highest BCUT2D eigenvalue weighted by Crippen LogP contribution is 2.24. The molecule has 0 spiro atoms. The zero-order valence-corrected chi connectivity index (χ0v) is 21.9. The Morgan fingerprint density at radius 1 is 0.912 bits per heavy atom. The van der Waals surface area contributed by atoms with Crippen molar-refractivity contribution in [1.29, 1.82) is 0 Å². The van der Waals surface area contributed by atoms with Crippen LogP contribution in [-0.2, 0) is 21.4 Å². The van der Waals surface area contributed by atoms with E-state index in [4.69, 9.17) is 23.2 Å². The van der Waals surface area contributed by atoms with E-state index >= 15 is 0 Å². The largest absolute Gasteiger partial charge is 0.348 e. The van der Waals surface area contributed by atoms with Crippen LogP contribution in [0, 0.1) is 20.8 Å². The first-order valence-electron chi connectivity index (χ1n) is 10.8. The van der Waals surface area contributed by atoms with Gasteiger partial charge in [0.2, 0.25) is 15.9 Å². The molecular weight excluding hydrogens is 491 g/mol. The van der Waals surface area contributed by atoms with E-state index in [1.165, 1.54) is 29.8 Å². The smallest absolute Gasteiger partial charge is 0.243 e. The van der Waals surface area contributed by atoms with Gasteiger partial charge in [-0.05, 0) is 91.9 Å². The van der Waals surface area contributed by atoms with E-state index in [1.807, 2.05) is 27.7 Å². The summed E-state index contributed by atoms with van der Waals surface area (Å²) in [5.74, 6) is -0.398. The number of amides is 1. The Kier molecular flexibility index (Phi) is 8.42. The Morgan fingerprint density at radius 3 is 2.21 bits per heavy atom. The number of aryl methyl sites for hydroxylation is 3. The summed E-state index contributed by atoms with van der Waals surface area (Å²) in [6.45, 7) is 7.62. The third-order valence-electron chi connectivity index (χ3n) is 5.75. The quantitative estimate of drug-likeness (QED) is 0.398. The minimum absolute atomic E-state index is 0.00398. The number of hydrogen-bond donors (Lipinski definition) is 1. The van der Waals surface area contributed by atoms with Crippen molar-refractivity contribution in [2.75, 3.05) is 6.54 Å². The molecule has 34 heavy (non-hydrogen) atoms. The van der Waals surface area contributed by atoms with Crippen LogP contribution in [0.4, 0.5) is 0 Å². The number of sulfonamides is 1. The third kappa shape index (κ3) is 6.39. The fourth-order valence-corrected chi connectivity index (χ4v) is 5.52. The summed E-state index contributed by atoms with van der Waals surface area (Å²) in [7, 11) is -3.97. The van der Waals surface area contributed by atoms with Gasteiger partial charge in [-0.1, -0.05) is 47.5 Å². The highest BCUT2D eigenvalue weighted by molar-refractivity contribution is 7.89. The molecule has 0 heterocycles. The molecular formula is C26H28Cl2N2O3S. The second-order valence-corrected chi connectivity index (χ2v) is 11.3. The predicted molar refractivity (Wildman–Crippen MR) is 138 cm³/mol. The van der Waals surface area contributed by atoms with E-state index < -0.39 is 15.9 Å². The Hall–Kier alpha value is -2.38. The summed E-state index contributed by atoms with van der Waals surface area (Å²) in [5.41, 5.74) is 5.06. The van der Waals surface area contributed by atoms with Gasteiger partial charge in [0.15, 0.2) is 0 Å². The van der Waals surface area contributed by atoms with Crippen molar-refractivity contribution in [3.8, 4) is 0 Å². The van der Waals surface area contributed by atoms with E-state index in [1.54, 1.807) is 24.3 Å². The maximum Gasteiger partial charge on any atom is 0.243 e. The van der Waals surface area contributed by atoms with Gasteiger partial charge in [-0.2, -0.15) is 4.31 Å². The number of rotatable bonds is 8. The molecule has 0 aliphatic heterocycles. The highest BCUT2D eigenvalue weighted by Gasteiger charge is 2.28. The third-order valence-corrected chi connectivity index (χ3v) is 8.04. The van der Waals surface area contributed by atoms with Crippen LogP contribution in [0.15, 0.2) is 65.6 Å². The Bertz CT molecular complexity index is 1290. The van der Waals surface area contributed by atoms with E-state index in [9.17, 15) is 13.2 Å². The normalized spacial score (nSPS) is 12.6. The lowest BCUT2D eigenvalue weighted by Gasteiger charge is -2.24. The van der Waals surface area contributed by atoms with Crippen LogP contribution in [0.2, 0.25) is 10.0 Å². The van der Waals surface area contributed by atoms with Crippen LogP contribution >= 0.6 is 23.2 Å². The number of hydrogen-bond acceptors (Lipinski definition) is 3. The summed E-state index contributed by atoms with van der Waals surface area (Å²) >= 11 is 12.0. The summed E-state index contributed by atoms with van der Waals surface area (Å²) < 4.78 is 28.0. The number of carbonyl (C=O) groups excluding carboxylic acids is 1. The average Bonchev–Trinajstić information content (AvgIpc) is 2.76. The van der Waals surface area contributed by atoms with E-state index in [2.05, 4.69) is 17.4 Å². The highest BCUT2D eigenvalue weighted by atomic mass is 35.5. The Labute approximate surface area is 211 Å². The number of benzene rings is 3. The first-order chi connectivity index (χ1) is 16.0. The maximum atomic E-state index is 13.4. The van der Waals surface area contributed by atoms with Gasteiger partial charge in [0.25, 0.3) is 0 Å². The number of carbonyl (C=O) groups is 1. The van der Waals surface area contributed by atoms with Crippen LogP contribution in [0.1, 0.15) is 40.8 Å². The molecule has 8 heteroatoms. The first-order valence-corrected chi connectivity index (χ1v) is 13.0. The number of halogens is 2. The zero-order chi connectivity index (χ0) is 25.0. The molecule has 0 aromatic heterocycles. The Balaban J connectivity index is 1.86. The van der Waals surface area contributed by atoms with Gasteiger partial charge in [-0.3, -0.25) is 4.79 Å². The molecule has 0 radical (unpaired) electrons. The van der Waals surface area contributed by atoms with Crippen molar-refractivity contribution >= 4 is 39.1 Å². The van der Waals surface area contributed by atoms with Crippen LogP contribution in [0.5, 0.6) is 0 Å². The van der Waals surface area contributed by atoms with Crippen LogP contribution in [-0.4, -0.2) is 25.2 Å². The molecule has 3 aromatic carbocycles. The molecule has 0 saturated carbocycles. The lowest BCUT2D eigenvalue weighted by molar-refractivity contribution is -0.122. The topological polar surface area (TPSA) is 66.5 Å². The lowest BCUT2D eigenvalue weighted by atomic mass is 9.96. The summed E-state index contributed by atoms with van der Waals surface area (Å²) in [6.07, 6.45) is 0. The van der Waals surface area contributed by atoms with Gasteiger partial charge in [-0.25, -0.2) is 8.42 Å². The van der Waals surface area contributed by atoms with E-state index in [0.717, 1.165) is 21.0 Å². The van der Waals surface area contributed by atoms with Gasteiger partial charge in [0.1, 0.15) is 0 Å². The van der Waals surface area contributed by atoms with Crippen molar-refractivity contribution in [3.05, 3.63) is 98.5 Å². The Morgan fingerprint density at radius 2 is 1.56 bits per heavy atom. The first kappa shape index (κ1) is 26.2. The van der Waals surface area contributed by atoms with Gasteiger partial charge in [0, 0.05) is 16.6 Å². The summed E-state index contributed by atoms with van der Waals surface area (Å²) in [5, 5.41) is 3.87. The second kappa shape index (κ2) is 10.9. The van der Waals surface area contributed by atoms with Crippen LogP contribution in [0.25, 0.3) is 0 Å². The molecule has 0 unspecified atom stereocenters. The molecule has 0 saturated heterocycles. The molecule has 3 rings (SSSR count). The summed E-state index contributed by atoms with van der Waals surface area (Å²) in [6, 6.07) is 16.7. The molecule has 0 bridgehead atoms. The maximum absolute atomic E-state index is 13.4. The monoisotopic (exact) mass is 518 g/mol. The van der Waals surface area contributed by atoms with Crippen LogP contribution < -0.4 is 5.32 Å². The fourth-order valence-electron chi connectivity index (χ4n) is 3.79. The molecule has 3 aromatic rings. The van der Waals surface area contributed by atoms with Gasteiger partial charge >= 0.3 is 0 Å². The van der Waals surface area contributed by atoms with E-state index in [-0.39, 0.29) is 24.0 Å². The van der Waals surface area contributed by atoms with Crippen molar-refractivity contribution in [1.82, 2.24) is 9.62 Å². The molecule has 1 atom stereocenters. The number of nitrogens with zero attached hydrogens (tertiary/aromatic N) is 1. The minimum Gasteiger partial charge on any atom is -0.348 e. The standard InChI is InChI=1S/C26H28Cl2N2O3S/c1-17-12-19(3)25(13-18(17)2)20(4)29-26(31)16-30(15-21-6-5-7-23(28)14-21)34(32,33)24-10-8-22(27)9-11-24/h5-14,20H,15-16H2,1-4H3,(H,29,31)/t20-/m0/s1. The zero-order valence-electron chi connectivity index (χ0n) is 19.6. The van der Waals surface area contributed by atoms with Gasteiger partial charge in [0.05, 0.1) is 17.5 Å². The lowest BCUT2D eigenvalue weighted by Crippen LogP contribution is -2.41. The molecule has 0 fully saturated rings. The van der Waals surface area contributed by atoms with Gasteiger partial charge in [-0.15, -0.1) is 0 Å². The summed E-state index contributed by atoms with van der Waals surface area (Å²) in [4.78, 5) is 13.1. The predicted octanol–water partition coefficient (Wildman–Crippen LogP) is 5.99. The van der Waals surface area contributed by atoms with E-state index in [0.29, 0.717) is 15.6 Å². The average molecular weight is 519 g/mol.